The third-order valence-electron chi connectivity index (χ3n) is 3.84. The van der Waals surface area contributed by atoms with Crippen LogP contribution in [-0.2, 0) is 11.2 Å². The van der Waals surface area contributed by atoms with Crippen molar-refractivity contribution in [2.75, 3.05) is 10.6 Å². The number of aromatic amines is 1. The van der Waals surface area contributed by atoms with E-state index in [1.807, 2.05) is 42.5 Å². The zero-order valence-corrected chi connectivity index (χ0v) is 11.4. The molecule has 2 aromatic carbocycles. The fraction of sp³-hybridized carbons (Fsp3) is 0.118. The van der Waals surface area contributed by atoms with Crippen LogP contribution < -0.4 is 10.6 Å². The molecule has 0 bridgehead atoms. The average Bonchev–Trinajstić information content (AvgIpc) is 2.90. The fourth-order valence-corrected chi connectivity index (χ4v) is 2.80. The molecule has 0 saturated heterocycles. The molecule has 0 fully saturated rings. The first-order valence-electron chi connectivity index (χ1n) is 7.03. The van der Waals surface area contributed by atoms with Gasteiger partial charge >= 0.3 is 0 Å². The van der Waals surface area contributed by atoms with Crippen LogP contribution in [-0.4, -0.2) is 16.9 Å². The number of carbonyl (C=O) groups excluding carboxylic acids is 1. The Morgan fingerprint density at radius 2 is 1.71 bits per heavy atom. The molecule has 1 amide bonds. The van der Waals surface area contributed by atoms with Gasteiger partial charge in [-0.2, -0.15) is 0 Å². The van der Waals surface area contributed by atoms with Gasteiger partial charge in [0.25, 0.3) is 0 Å². The number of aromatic nitrogens is 1. The molecule has 0 saturated carbocycles. The zero-order chi connectivity index (χ0) is 14.2. The Morgan fingerprint density at radius 1 is 0.952 bits per heavy atom. The van der Waals surface area contributed by atoms with Crippen LogP contribution in [0.25, 0.3) is 10.9 Å². The largest absolute Gasteiger partial charge is 0.372 e. The summed E-state index contributed by atoms with van der Waals surface area (Å²) in [6, 6.07) is 17.7. The molecule has 1 aliphatic rings. The number of para-hydroxylation sites is 3. The van der Waals surface area contributed by atoms with Crippen molar-refractivity contribution < 1.29 is 4.79 Å². The number of fused-ring (bicyclic) bond motifs is 2. The molecule has 2 heterocycles. The summed E-state index contributed by atoms with van der Waals surface area (Å²) >= 11 is 0. The number of benzene rings is 2. The van der Waals surface area contributed by atoms with Crippen molar-refractivity contribution in [3.8, 4) is 0 Å². The number of hydrogen-bond acceptors (Lipinski definition) is 2. The molecule has 0 radical (unpaired) electrons. The number of rotatable bonds is 2. The molecule has 0 spiro atoms. The van der Waals surface area contributed by atoms with E-state index in [9.17, 15) is 4.79 Å². The van der Waals surface area contributed by atoms with Crippen LogP contribution in [0.15, 0.2) is 54.6 Å². The van der Waals surface area contributed by atoms with Crippen molar-refractivity contribution in [1.82, 2.24) is 4.98 Å². The molecule has 4 heteroatoms. The zero-order valence-electron chi connectivity index (χ0n) is 11.4. The van der Waals surface area contributed by atoms with Gasteiger partial charge in [0, 0.05) is 17.6 Å². The summed E-state index contributed by atoms with van der Waals surface area (Å²) < 4.78 is 0. The number of nitrogens with one attached hydrogen (secondary N) is 3. The molecule has 1 aliphatic heterocycles. The highest BCUT2D eigenvalue weighted by molar-refractivity contribution is 6.03. The van der Waals surface area contributed by atoms with E-state index in [-0.39, 0.29) is 11.9 Å². The highest BCUT2D eigenvalue weighted by atomic mass is 16.2. The van der Waals surface area contributed by atoms with Gasteiger partial charge in [0.2, 0.25) is 5.91 Å². The molecule has 3 aromatic rings. The molecule has 4 rings (SSSR count). The maximum absolute atomic E-state index is 12.2. The second kappa shape index (κ2) is 4.66. The minimum Gasteiger partial charge on any atom is -0.372 e. The van der Waals surface area contributed by atoms with Crippen molar-refractivity contribution in [3.05, 3.63) is 60.3 Å². The van der Waals surface area contributed by atoms with E-state index in [2.05, 4.69) is 27.8 Å². The van der Waals surface area contributed by atoms with Crippen molar-refractivity contribution >= 4 is 28.2 Å². The van der Waals surface area contributed by atoms with Gasteiger partial charge in [0.15, 0.2) is 0 Å². The number of H-pyrrole nitrogens is 1. The average molecular weight is 277 g/mol. The van der Waals surface area contributed by atoms with Gasteiger partial charge in [-0.3, -0.25) is 4.79 Å². The van der Waals surface area contributed by atoms with Gasteiger partial charge in [0.1, 0.15) is 6.04 Å². The lowest BCUT2D eigenvalue weighted by molar-refractivity contribution is -0.117. The molecule has 0 unspecified atom stereocenters. The summed E-state index contributed by atoms with van der Waals surface area (Å²) in [5.41, 5.74) is 3.97. The first kappa shape index (κ1) is 12.0. The van der Waals surface area contributed by atoms with Gasteiger partial charge < -0.3 is 15.6 Å². The smallest absolute Gasteiger partial charge is 0.247 e. The Hall–Kier alpha value is -2.75. The van der Waals surface area contributed by atoms with E-state index in [0.29, 0.717) is 6.42 Å². The molecular formula is C17H15N3O. The van der Waals surface area contributed by atoms with Crippen LogP contribution in [0.3, 0.4) is 0 Å². The van der Waals surface area contributed by atoms with E-state index in [0.717, 1.165) is 22.6 Å². The predicted octanol–water partition coefficient (Wildman–Crippen LogP) is 3.14. The van der Waals surface area contributed by atoms with E-state index in [1.165, 1.54) is 5.39 Å². The summed E-state index contributed by atoms with van der Waals surface area (Å²) in [4.78, 5) is 15.6. The van der Waals surface area contributed by atoms with Crippen LogP contribution in [0.2, 0.25) is 0 Å². The van der Waals surface area contributed by atoms with Crippen LogP contribution in [0.4, 0.5) is 11.4 Å². The van der Waals surface area contributed by atoms with Crippen molar-refractivity contribution in [1.29, 1.82) is 0 Å². The second-order valence-corrected chi connectivity index (χ2v) is 5.32. The van der Waals surface area contributed by atoms with Crippen LogP contribution >= 0.6 is 0 Å². The standard InChI is InChI=1S/C17H15N3O/c21-17-16(19-14-7-3-4-8-15(14)20-17)10-12-9-11-5-1-2-6-13(11)18-12/h1-9,16,18-19H,10H2,(H,20,21)/t16-/m0/s1. The molecular weight excluding hydrogens is 262 g/mol. The molecule has 104 valence electrons. The first-order valence-corrected chi connectivity index (χ1v) is 7.03. The Balaban J connectivity index is 1.61. The first-order chi connectivity index (χ1) is 10.3. The highest BCUT2D eigenvalue weighted by Crippen LogP contribution is 2.27. The van der Waals surface area contributed by atoms with Gasteiger partial charge in [-0.15, -0.1) is 0 Å². The van der Waals surface area contributed by atoms with E-state index in [1.54, 1.807) is 0 Å². The molecule has 21 heavy (non-hydrogen) atoms. The van der Waals surface area contributed by atoms with Gasteiger partial charge in [-0.25, -0.2) is 0 Å². The van der Waals surface area contributed by atoms with E-state index < -0.39 is 0 Å². The number of amides is 1. The molecule has 1 atom stereocenters. The normalized spacial score (nSPS) is 17.1. The maximum atomic E-state index is 12.2. The minimum atomic E-state index is -0.257. The monoisotopic (exact) mass is 277 g/mol. The summed E-state index contributed by atoms with van der Waals surface area (Å²) in [5.74, 6) is 0.00681. The van der Waals surface area contributed by atoms with Gasteiger partial charge in [0.05, 0.1) is 11.4 Å². The lowest BCUT2D eigenvalue weighted by atomic mass is 10.1. The quantitative estimate of drug-likeness (QED) is 0.674. The maximum Gasteiger partial charge on any atom is 0.247 e. The Bertz CT molecular complexity index is 789. The van der Waals surface area contributed by atoms with E-state index >= 15 is 0 Å². The van der Waals surface area contributed by atoms with Crippen molar-refractivity contribution in [2.45, 2.75) is 12.5 Å². The Kier molecular flexibility index (Phi) is 2.67. The van der Waals surface area contributed by atoms with E-state index in [4.69, 9.17) is 0 Å². The lowest BCUT2D eigenvalue weighted by Gasteiger charge is -2.26. The summed E-state index contributed by atoms with van der Waals surface area (Å²) in [5, 5.41) is 7.43. The SMILES string of the molecule is O=C1Nc2ccccc2N[C@H]1Cc1cc2ccccc2[nH]1. The third-order valence-corrected chi connectivity index (χ3v) is 3.84. The fourth-order valence-electron chi connectivity index (χ4n) is 2.80. The molecule has 1 aromatic heterocycles. The number of anilines is 2. The van der Waals surface area contributed by atoms with Crippen LogP contribution in [0.1, 0.15) is 5.69 Å². The Labute approximate surface area is 122 Å². The van der Waals surface area contributed by atoms with Crippen molar-refractivity contribution in [3.63, 3.8) is 0 Å². The van der Waals surface area contributed by atoms with Gasteiger partial charge in [-0.1, -0.05) is 30.3 Å². The molecule has 4 nitrogen and oxygen atoms in total. The van der Waals surface area contributed by atoms with Crippen LogP contribution in [0, 0.1) is 0 Å². The molecule has 3 N–H and O–H groups in total. The number of hydrogen-bond donors (Lipinski definition) is 3. The summed E-state index contributed by atoms with van der Waals surface area (Å²) in [6.07, 6.45) is 0.634. The molecule has 0 aliphatic carbocycles. The third kappa shape index (κ3) is 2.14. The van der Waals surface area contributed by atoms with Crippen molar-refractivity contribution in [2.24, 2.45) is 0 Å². The van der Waals surface area contributed by atoms with Crippen LogP contribution in [0.5, 0.6) is 0 Å². The Morgan fingerprint density at radius 3 is 2.57 bits per heavy atom. The minimum absolute atomic E-state index is 0.00681. The summed E-state index contributed by atoms with van der Waals surface area (Å²) in [6.45, 7) is 0. The lowest BCUT2D eigenvalue weighted by Crippen LogP contribution is -2.40. The topological polar surface area (TPSA) is 56.9 Å². The van der Waals surface area contributed by atoms with Gasteiger partial charge in [-0.05, 0) is 29.7 Å². The predicted molar refractivity (Wildman–Crippen MR) is 84.5 cm³/mol. The summed E-state index contributed by atoms with van der Waals surface area (Å²) in [7, 11) is 0. The second-order valence-electron chi connectivity index (χ2n) is 5.32. The highest BCUT2D eigenvalue weighted by Gasteiger charge is 2.25. The number of carbonyl (C=O) groups is 1.